The van der Waals surface area contributed by atoms with Crippen molar-refractivity contribution in [2.75, 3.05) is 6.61 Å². The number of hydrogen-bond acceptors (Lipinski definition) is 5. The van der Waals surface area contributed by atoms with Crippen LogP contribution in [0.2, 0.25) is 0 Å². The average Bonchev–Trinajstić information content (AvgIpc) is 3.05. The minimum Gasteiger partial charge on any atom is -0.494 e. The Balaban J connectivity index is 1.71. The van der Waals surface area contributed by atoms with E-state index in [1.165, 1.54) is 0 Å². The molecule has 0 aliphatic rings. The van der Waals surface area contributed by atoms with Crippen molar-refractivity contribution < 1.29 is 9.53 Å². The molecule has 0 radical (unpaired) electrons. The molecule has 0 atom stereocenters. The van der Waals surface area contributed by atoms with Crippen LogP contribution >= 0.6 is 0 Å². The third-order valence-electron chi connectivity index (χ3n) is 3.76. The van der Waals surface area contributed by atoms with E-state index in [-0.39, 0.29) is 5.91 Å². The van der Waals surface area contributed by atoms with Crippen LogP contribution in [0.25, 0.3) is 11.3 Å². The highest BCUT2D eigenvalue weighted by Gasteiger charge is 2.16. The summed E-state index contributed by atoms with van der Waals surface area (Å²) in [6.45, 7) is 4.40. The molecule has 0 aliphatic heterocycles. The molecule has 132 valence electrons. The molecule has 0 fully saturated rings. The molecule has 2 N–H and O–H groups in total. The molecule has 26 heavy (non-hydrogen) atoms. The SMILES string of the molecule is CCOc1ccc(-c2n[nH]c(C(=O)N/N=C\c3ccncc3)c2C)cc1. The van der Waals surface area contributed by atoms with Gasteiger partial charge in [-0.15, -0.1) is 0 Å². The first-order valence-electron chi connectivity index (χ1n) is 8.20. The molecule has 0 aliphatic carbocycles. The fourth-order valence-corrected chi connectivity index (χ4v) is 2.45. The van der Waals surface area contributed by atoms with Gasteiger partial charge in [-0.05, 0) is 55.8 Å². The first-order chi connectivity index (χ1) is 12.7. The zero-order valence-corrected chi connectivity index (χ0v) is 14.6. The van der Waals surface area contributed by atoms with Gasteiger partial charge in [0, 0.05) is 23.5 Å². The minimum absolute atomic E-state index is 0.350. The summed E-state index contributed by atoms with van der Waals surface area (Å²) >= 11 is 0. The number of nitrogens with one attached hydrogen (secondary N) is 2. The summed E-state index contributed by atoms with van der Waals surface area (Å²) in [6.07, 6.45) is 4.87. The molecular formula is C19H19N5O2. The lowest BCUT2D eigenvalue weighted by Crippen LogP contribution is -2.19. The van der Waals surface area contributed by atoms with Crippen LogP contribution in [0.15, 0.2) is 53.9 Å². The standard InChI is InChI=1S/C19H19N5O2/c1-3-26-16-6-4-15(5-7-16)17-13(2)18(23-22-17)19(25)24-21-12-14-8-10-20-11-9-14/h4-12H,3H2,1-2H3,(H,22,23)(H,24,25)/b21-12-. The third kappa shape index (κ3) is 3.94. The lowest BCUT2D eigenvalue weighted by Gasteiger charge is -2.04. The van der Waals surface area contributed by atoms with E-state index in [0.717, 1.165) is 28.1 Å². The normalized spacial score (nSPS) is 10.8. The second kappa shape index (κ2) is 8.06. The highest BCUT2D eigenvalue weighted by Crippen LogP contribution is 2.25. The smallest absolute Gasteiger partial charge is 0.289 e. The van der Waals surface area contributed by atoms with Crippen molar-refractivity contribution in [2.45, 2.75) is 13.8 Å². The lowest BCUT2D eigenvalue weighted by molar-refractivity contribution is 0.0949. The average molecular weight is 349 g/mol. The van der Waals surface area contributed by atoms with Gasteiger partial charge in [0.1, 0.15) is 11.4 Å². The fraction of sp³-hybridized carbons (Fsp3) is 0.158. The van der Waals surface area contributed by atoms with Crippen LogP contribution < -0.4 is 10.2 Å². The molecule has 3 aromatic rings. The third-order valence-corrected chi connectivity index (χ3v) is 3.76. The molecule has 7 nitrogen and oxygen atoms in total. The van der Waals surface area contributed by atoms with Gasteiger partial charge in [0.15, 0.2) is 0 Å². The van der Waals surface area contributed by atoms with Crippen molar-refractivity contribution in [1.29, 1.82) is 0 Å². The van der Waals surface area contributed by atoms with Gasteiger partial charge in [0.05, 0.1) is 18.5 Å². The highest BCUT2D eigenvalue weighted by molar-refractivity contribution is 5.95. The molecule has 0 bridgehead atoms. The van der Waals surface area contributed by atoms with E-state index in [4.69, 9.17) is 4.74 Å². The van der Waals surface area contributed by atoms with Gasteiger partial charge in [0.25, 0.3) is 5.91 Å². The van der Waals surface area contributed by atoms with Crippen LogP contribution in [0.3, 0.4) is 0 Å². The van der Waals surface area contributed by atoms with Crippen LogP contribution in [0, 0.1) is 6.92 Å². The van der Waals surface area contributed by atoms with Crippen molar-refractivity contribution in [2.24, 2.45) is 5.10 Å². The maximum absolute atomic E-state index is 12.3. The van der Waals surface area contributed by atoms with E-state index in [1.54, 1.807) is 30.7 Å². The van der Waals surface area contributed by atoms with Crippen LogP contribution in [0.5, 0.6) is 5.75 Å². The minimum atomic E-state index is -0.350. The Morgan fingerprint density at radius 2 is 1.96 bits per heavy atom. The van der Waals surface area contributed by atoms with Gasteiger partial charge < -0.3 is 4.74 Å². The van der Waals surface area contributed by atoms with Crippen molar-refractivity contribution in [3.05, 3.63) is 65.6 Å². The topological polar surface area (TPSA) is 92.3 Å². The number of pyridine rings is 1. The molecule has 1 aromatic carbocycles. The molecule has 7 heteroatoms. The summed E-state index contributed by atoms with van der Waals surface area (Å²) in [6, 6.07) is 11.2. The summed E-state index contributed by atoms with van der Waals surface area (Å²) < 4.78 is 5.44. The first-order valence-corrected chi connectivity index (χ1v) is 8.20. The maximum Gasteiger partial charge on any atom is 0.289 e. The number of hydrazone groups is 1. The van der Waals surface area contributed by atoms with Crippen LogP contribution in [0.1, 0.15) is 28.5 Å². The van der Waals surface area contributed by atoms with Crippen molar-refractivity contribution >= 4 is 12.1 Å². The van der Waals surface area contributed by atoms with Crippen molar-refractivity contribution in [3.63, 3.8) is 0 Å². The predicted octanol–water partition coefficient (Wildman–Crippen LogP) is 2.94. The van der Waals surface area contributed by atoms with E-state index in [2.05, 4.69) is 25.7 Å². The Bertz CT molecular complexity index is 901. The Morgan fingerprint density at radius 1 is 1.23 bits per heavy atom. The zero-order valence-electron chi connectivity index (χ0n) is 14.6. The van der Waals surface area contributed by atoms with Crippen LogP contribution in [0.4, 0.5) is 0 Å². The number of carbonyl (C=O) groups excluding carboxylic acids is 1. The number of aromatic nitrogens is 3. The number of H-pyrrole nitrogens is 1. The summed E-state index contributed by atoms with van der Waals surface area (Å²) in [5, 5.41) is 11.0. The van der Waals surface area contributed by atoms with E-state index in [1.807, 2.05) is 38.1 Å². The molecule has 2 aromatic heterocycles. The Hall–Kier alpha value is -3.48. The van der Waals surface area contributed by atoms with E-state index in [9.17, 15) is 4.79 Å². The van der Waals surface area contributed by atoms with Gasteiger partial charge in [-0.3, -0.25) is 14.9 Å². The Morgan fingerprint density at radius 3 is 2.65 bits per heavy atom. The summed E-state index contributed by atoms with van der Waals surface area (Å²) in [7, 11) is 0. The monoisotopic (exact) mass is 349 g/mol. The van der Waals surface area contributed by atoms with Gasteiger partial charge >= 0.3 is 0 Å². The van der Waals surface area contributed by atoms with Gasteiger partial charge in [-0.25, -0.2) is 5.43 Å². The fourth-order valence-electron chi connectivity index (χ4n) is 2.45. The molecular weight excluding hydrogens is 330 g/mol. The number of nitrogens with zero attached hydrogens (tertiary/aromatic N) is 3. The van der Waals surface area contributed by atoms with Crippen LogP contribution in [-0.4, -0.2) is 33.9 Å². The summed E-state index contributed by atoms with van der Waals surface area (Å²) in [5.41, 5.74) is 6.10. The van der Waals surface area contributed by atoms with E-state index in [0.29, 0.717) is 12.3 Å². The maximum atomic E-state index is 12.3. The number of carbonyl (C=O) groups is 1. The predicted molar refractivity (Wildman–Crippen MR) is 99.2 cm³/mol. The van der Waals surface area contributed by atoms with Crippen LogP contribution in [-0.2, 0) is 0 Å². The number of amides is 1. The van der Waals surface area contributed by atoms with E-state index >= 15 is 0 Å². The van der Waals surface area contributed by atoms with Gasteiger partial charge in [0.2, 0.25) is 0 Å². The summed E-state index contributed by atoms with van der Waals surface area (Å²) in [5.74, 6) is 0.449. The zero-order chi connectivity index (χ0) is 18.4. The van der Waals surface area contributed by atoms with E-state index < -0.39 is 0 Å². The lowest BCUT2D eigenvalue weighted by atomic mass is 10.1. The number of ether oxygens (including phenoxy) is 1. The second-order valence-electron chi connectivity index (χ2n) is 5.51. The first kappa shape index (κ1) is 17.3. The quantitative estimate of drug-likeness (QED) is 0.529. The van der Waals surface area contributed by atoms with Crippen molar-refractivity contribution in [1.82, 2.24) is 20.6 Å². The number of hydrogen-bond donors (Lipinski definition) is 2. The van der Waals surface area contributed by atoms with Gasteiger partial charge in [-0.2, -0.15) is 10.2 Å². The van der Waals surface area contributed by atoms with Crippen molar-refractivity contribution in [3.8, 4) is 17.0 Å². The summed E-state index contributed by atoms with van der Waals surface area (Å²) in [4.78, 5) is 16.2. The molecule has 0 spiro atoms. The highest BCUT2D eigenvalue weighted by atomic mass is 16.5. The second-order valence-corrected chi connectivity index (χ2v) is 5.51. The molecule has 0 saturated carbocycles. The molecule has 3 rings (SSSR count). The van der Waals surface area contributed by atoms with Gasteiger partial charge in [-0.1, -0.05) is 0 Å². The molecule has 1 amide bonds. The Kier molecular flexibility index (Phi) is 5.38. The molecule has 0 saturated heterocycles. The number of benzene rings is 1. The molecule has 0 unspecified atom stereocenters. The molecule has 2 heterocycles. The Labute approximate surface area is 151 Å². The largest absolute Gasteiger partial charge is 0.494 e. The number of aromatic amines is 1. The number of rotatable bonds is 6.